The van der Waals surface area contributed by atoms with Crippen molar-refractivity contribution in [3.63, 3.8) is 0 Å². The zero-order chi connectivity index (χ0) is 80.3. The second-order valence-electron chi connectivity index (χ2n) is 34.0. The molecule has 0 saturated carbocycles. The first kappa shape index (κ1) is 69.5. The maximum atomic E-state index is 7.75. The lowest BCUT2D eigenvalue weighted by Crippen LogP contribution is -2.87. The summed E-state index contributed by atoms with van der Waals surface area (Å²) in [6.45, 7) is 4.53. The number of rotatable bonds is 13. The van der Waals surface area contributed by atoms with Gasteiger partial charge in [-0.1, -0.05) is 299 Å². The maximum Gasteiger partial charge on any atom is 0.256 e. The van der Waals surface area contributed by atoms with Crippen LogP contribution in [0.4, 0.5) is 68.2 Å². The second kappa shape index (κ2) is 26.3. The molecule has 7 heterocycles. The van der Waals surface area contributed by atoms with Crippen molar-refractivity contribution < 1.29 is 9.47 Å². The van der Waals surface area contributed by atoms with Gasteiger partial charge in [-0.25, -0.2) is 0 Å². The number of fused-ring (bicyclic) bond motifs is 6. The molecule has 1 atom stereocenters. The molecular weight excluding hydrogens is 1530 g/mol. The Morgan fingerprint density at radius 3 is 1.24 bits per heavy atom. The van der Waals surface area contributed by atoms with Gasteiger partial charge in [0.05, 0.1) is 11.4 Å². The number of para-hydroxylation sites is 3. The highest BCUT2D eigenvalue weighted by atomic mass is 32.1. The van der Waals surface area contributed by atoms with E-state index in [9.17, 15) is 0 Å². The largest absolute Gasteiger partial charge is 0.458 e. The summed E-state index contributed by atoms with van der Waals surface area (Å²) in [4.78, 5) is 10.0. The van der Waals surface area contributed by atoms with Crippen LogP contribution in [0.1, 0.15) is 25.0 Å². The van der Waals surface area contributed by atoms with Crippen LogP contribution in [0.3, 0.4) is 0 Å². The van der Waals surface area contributed by atoms with Gasteiger partial charge in [-0.2, -0.15) is 0 Å². The molecule has 1 aliphatic carbocycles. The number of anilines is 12. The van der Waals surface area contributed by atoms with Gasteiger partial charge in [0.2, 0.25) is 0 Å². The monoisotopic (exact) mass is 1600 g/mol. The molecule has 6 nitrogen and oxygen atoms in total. The molecule has 0 fully saturated rings. The van der Waals surface area contributed by atoms with Gasteiger partial charge in [0.1, 0.15) is 23.0 Å². The number of hydrogen-bond acceptors (Lipinski definition) is 7. The third-order valence-electron chi connectivity index (χ3n) is 27.6. The fourth-order valence-corrected chi connectivity index (χ4v) is 34.5. The van der Waals surface area contributed by atoms with Gasteiger partial charge in [-0.3, -0.25) is 0 Å². The molecule has 11 heteroatoms. The van der Waals surface area contributed by atoms with E-state index in [-0.39, 0.29) is 18.8 Å². The van der Waals surface area contributed by atoms with E-state index in [0.717, 1.165) is 91.0 Å². The lowest BCUT2D eigenvalue weighted by atomic mass is 9.34. The summed E-state index contributed by atoms with van der Waals surface area (Å²) in [5.41, 5.74) is 27.8. The quantitative estimate of drug-likeness (QED) is 0.107. The van der Waals surface area contributed by atoms with Crippen LogP contribution in [0.25, 0.3) is 42.4 Å². The molecule has 18 aromatic carbocycles. The molecule has 0 saturated heterocycles. The Hall–Kier alpha value is -14.5. The Labute approximate surface area is 715 Å². The van der Waals surface area contributed by atoms with Gasteiger partial charge in [-0.05, 0) is 223 Å². The number of benzene rings is 18. The standard InChI is InChI=1S/C111H74B2N4O2SSi2/c1-111(2)89-49-23-21-47-85(89)86-61-59-77(65-90(86)111)116-91-50-28-56-102-108(91)113-105-93(116)66-79(114(73-33-9-3-10-34-73)74-35-11-4-12-36-74)68-97(105)119-96-53-30-58-104(110(96)113)122(102,83-44-19-8-20-45-83)84-46-26-32-72(64-84)71-31-25-39-76(63-71)115(75-37-13-5-14-38-75)80-67-94-106-98(69-80)118-95-52-29-57-103-109(95)112(106)107-92(117(94)78-60-62-88-87-48-22-24-54-99(87)120-100(88)70-78)51-27-55-101(107)121(103,81-40-15-6-16-41-81)82-42-17-7-18-43-82/h3-70H,1-2H3. The van der Waals surface area contributed by atoms with Gasteiger partial charge in [0, 0.05) is 94.6 Å². The number of thiophene rings is 1. The average molecular weight is 1610 g/mol. The van der Waals surface area contributed by atoms with Crippen LogP contribution >= 0.6 is 11.3 Å². The molecule has 0 N–H and O–H groups in total. The molecule has 6 aliphatic heterocycles. The first-order valence-electron chi connectivity index (χ1n) is 42.4. The van der Waals surface area contributed by atoms with E-state index in [2.05, 4.69) is 446 Å². The van der Waals surface area contributed by atoms with E-state index in [1.807, 2.05) is 11.3 Å². The van der Waals surface area contributed by atoms with Crippen molar-refractivity contribution in [1.29, 1.82) is 0 Å². The molecular formula is C111H74B2N4O2SSi2. The van der Waals surface area contributed by atoms with Gasteiger partial charge in [0.25, 0.3) is 13.4 Å². The minimum Gasteiger partial charge on any atom is -0.458 e. The van der Waals surface area contributed by atoms with E-state index in [1.165, 1.54) is 128 Å². The van der Waals surface area contributed by atoms with Crippen LogP contribution in [-0.4, -0.2) is 29.6 Å². The second-order valence-corrected chi connectivity index (χ2v) is 42.5. The van der Waals surface area contributed by atoms with E-state index >= 15 is 0 Å². The van der Waals surface area contributed by atoms with Gasteiger partial charge >= 0.3 is 0 Å². The lowest BCUT2D eigenvalue weighted by Gasteiger charge is -2.49. The summed E-state index contributed by atoms with van der Waals surface area (Å²) in [5.74, 6) is 3.53. The predicted octanol–water partition coefficient (Wildman–Crippen LogP) is 19.2. The zero-order valence-electron chi connectivity index (χ0n) is 66.9. The van der Waals surface area contributed by atoms with Crippen molar-refractivity contribution in [2.24, 2.45) is 0 Å². The summed E-state index contributed by atoms with van der Waals surface area (Å²) < 4.78 is 18.0. The molecule has 19 aromatic rings. The highest BCUT2D eigenvalue weighted by Gasteiger charge is 2.59. The van der Waals surface area contributed by atoms with Crippen molar-refractivity contribution in [2.75, 3.05) is 19.6 Å². The lowest BCUT2D eigenvalue weighted by molar-refractivity contribution is 0.487. The highest BCUT2D eigenvalue weighted by Crippen LogP contribution is 2.54. The molecule has 0 bridgehead atoms. The van der Waals surface area contributed by atoms with Crippen LogP contribution in [0.15, 0.2) is 413 Å². The molecule has 122 heavy (non-hydrogen) atoms. The summed E-state index contributed by atoms with van der Waals surface area (Å²) in [6, 6.07) is 156. The SMILES string of the molecule is CC1(C)c2ccccc2-c2ccc(N3c4cc(N(c5ccccc5)c5ccccc5)cc5c4B4c6c(cccc6[Si](c6ccccc6)(c6cccc(-c7cccc(N(c8ccccc8)c8cc9c%10c(c8)N(c8ccc%11c(c8)sc8ccccc8%11)c8cccc%11c8B%10c8c(cccc8[Si]%11(c8ccccc8)c8ccccc8)O9)c7)c6)c6cccc3c64)O5)cc21. The summed E-state index contributed by atoms with van der Waals surface area (Å²) in [7, 11) is -6.46. The van der Waals surface area contributed by atoms with E-state index in [1.54, 1.807) is 0 Å². The van der Waals surface area contributed by atoms with Crippen molar-refractivity contribution in [3.05, 3.63) is 424 Å². The molecule has 0 amide bonds. The van der Waals surface area contributed by atoms with Crippen LogP contribution in [0.2, 0.25) is 0 Å². The molecule has 1 unspecified atom stereocenters. The average Bonchev–Trinajstić information content (AvgIpc) is 0.779. The Morgan fingerprint density at radius 1 is 0.270 bits per heavy atom. The van der Waals surface area contributed by atoms with Crippen molar-refractivity contribution in [1.82, 2.24) is 0 Å². The van der Waals surface area contributed by atoms with Gasteiger partial charge in [-0.15, -0.1) is 11.3 Å². The number of ether oxygens (including phenoxy) is 2. The molecule has 1 aromatic heterocycles. The third-order valence-corrected chi connectivity index (χ3v) is 38.5. The van der Waals surface area contributed by atoms with Gasteiger partial charge < -0.3 is 29.1 Å². The predicted molar refractivity (Wildman–Crippen MR) is 518 cm³/mol. The fourth-order valence-electron chi connectivity index (χ4n) is 22.8. The minimum absolute atomic E-state index is 0.111. The Bertz CT molecular complexity index is 7540. The van der Waals surface area contributed by atoms with E-state index in [0.29, 0.717) is 0 Å². The summed E-state index contributed by atoms with van der Waals surface area (Å²) >= 11 is 1.87. The van der Waals surface area contributed by atoms with E-state index in [4.69, 9.17) is 9.47 Å². The van der Waals surface area contributed by atoms with Crippen molar-refractivity contribution >= 4 is 204 Å². The smallest absolute Gasteiger partial charge is 0.256 e. The first-order chi connectivity index (χ1) is 60.3. The Balaban J connectivity index is 0.663. The normalized spacial score (nSPS) is 15.4. The van der Waals surface area contributed by atoms with E-state index < -0.39 is 16.1 Å². The van der Waals surface area contributed by atoms with Gasteiger partial charge in [0.15, 0.2) is 16.1 Å². The van der Waals surface area contributed by atoms with Crippen molar-refractivity contribution in [3.8, 4) is 45.3 Å². The summed E-state index contributed by atoms with van der Waals surface area (Å²) in [6.07, 6.45) is 0. The maximum absolute atomic E-state index is 7.75. The molecule has 570 valence electrons. The Kier molecular flexibility index (Phi) is 15.0. The number of hydrogen-bond donors (Lipinski definition) is 0. The molecule has 7 aliphatic rings. The Morgan fingerprint density at radius 2 is 0.680 bits per heavy atom. The molecule has 26 rings (SSSR count). The topological polar surface area (TPSA) is 31.4 Å². The third kappa shape index (κ3) is 9.66. The zero-order valence-corrected chi connectivity index (χ0v) is 69.7. The molecule has 0 radical (unpaired) electrons. The van der Waals surface area contributed by atoms with Crippen LogP contribution in [0.5, 0.6) is 23.0 Å². The fraction of sp³-hybridized carbons (Fsp3) is 0.0270. The van der Waals surface area contributed by atoms with Crippen molar-refractivity contribution in [2.45, 2.75) is 19.3 Å². The minimum atomic E-state index is -3.41. The molecule has 0 spiro atoms. The first-order valence-corrected chi connectivity index (χ1v) is 47.2. The number of nitrogens with zero attached hydrogens (tertiary/aromatic N) is 4. The highest BCUT2D eigenvalue weighted by molar-refractivity contribution is 7.28. The summed E-state index contributed by atoms with van der Waals surface area (Å²) in [5, 5.41) is 13.4. The van der Waals surface area contributed by atoms with Crippen LogP contribution in [-0.2, 0) is 5.41 Å². The van der Waals surface area contributed by atoms with Crippen LogP contribution < -0.4 is 103 Å². The van der Waals surface area contributed by atoms with Crippen LogP contribution in [0, 0.1) is 0 Å².